The lowest BCUT2D eigenvalue weighted by Gasteiger charge is -2.30. The number of hydrogen-bond donors (Lipinski definition) is 1. The van der Waals surface area contributed by atoms with E-state index < -0.39 is 0 Å². The summed E-state index contributed by atoms with van der Waals surface area (Å²) in [4.78, 5) is 14.4. The molecule has 0 aliphatic carbocycles. The first-order valence-electron chi connectivity index (χ1n) is 8.91. The van der Waals surface area contributed by atoms with Gasteiger partial charge in [0.05, 0.1) is 6.42 Å². The van der Waals surface area contributed by atoms with Crippen LogP contribution in [0.25, 0.3) is 0 Å². The number of carbonyl (C=O) groups excluding carboxylic acids is 1. The van der Waals surface area contributed by atoms with E-state index in [2.05, 4.69) is 19.1 Å². The number of carbonyl (C=O) groups is 1. The zero-order valence-corrected chi connectivity index (χ0v) is 16.0. The number of nitrogens with zero attached hydrogens (tertiary/aromatic N) is 1. The van der Waals surface area contributed by atoms with E-state index in [0.29, 0.717) is 19.6 Å². The van der Waals surface area contributed by atoms with Gasteiger partial charge in [-0.25, -0.2) is 0 Å². The van der Waals surface area contributed by atoms with E-state index in [-0.39, 0.29) is 24.4 Å². The Kier molecular flexibility index (Phi) is 7.49. The van der Waals surface area contributed by atoms with Crippen LogP contribution in [0.3, 0.4) is 0 Å². The summed E-state index contributed by atoms with van der Waals surface area (Å²) in [5.41, 5.74) is 9.34. The van der Waals surface area contributed by atoms with E-state index in [1.807, 2.05) is 41.3 Å². The Balaban J connectivity index is 0.00000243. The van der Waals surface area contributed by atoms with Crippen molar-refractivity contribution in [1.82, 2.24) is 4.90 Å². The molecule has 140 valence electrons. The lowest BCUT2D eigenvalue weighted by atomic mass is 10.0. The third kappa shape index (κ3) is 5.48. The number of nitrogens with two attached hydrogens (primary N) is 1. The van der Waals surface area contributed by atoms with E-state index in [4.69, 9.17) is 10.5 Å². The summed E-state index contributed by atoms with van der Waals surface area (Å²) >= 11 is 0. The Morgan fingerprint density at radius 3 is 2.81 bits per heavy atom. The van der Waals surface area contributed by atoms with Gasteiger partial charge in [0.1, 0.15) is 12.4 Å². The standard InChI is InChI=1S/C21H26N2O2.ClH/c1-16-6-2-3-8-18(16)15-25-20-10-4-7-17(12-20)13-21(24)23-11-5-9-19(22)14-23;/h2-4,6-8,10,12,19H,5,9,11,13-15,22H2,1H3;1H. The van der Waals surface area contributed by atoms with Crippen molar-refractivity contribution in [2.75, 3.05) is 13.1 Å². The largest absolute Gasteiger partial charge is 0.489 e. The molecule has 1 fully saturated rings. The predicted octanol–water partition coefficient (Wildman–Crippen LogP) is 3.49. The first-order chi connectivity index (χ1) is 12.1. The lowest BCUT2D eigenvalue weighted by molar-refractivity contribution is -0.131. The fraction of sp³-hybridized carbons (Fsp3) is 0.381. The molecule has 1 heterocycles. The maximum atomic E-state index is 12.5. The summed E-state index contributed by atoms with van der Waals surface area (Å²) in [6.45, 7) is 4.10. The zero-order valence-electron chi connectivity index (χ0n) is 15.2. The molecular formula is C21H27ClN2O2. The van der Waals surface area contributed by atoms with Crippen LogP contribution in [0, 0.1) is 6.92 Å². The van der Waals surface area contributed by atoms with Crippen molar-refractivity contribution in [2.24, 2.45) is 5.73 Å². The van der Waals surface area contributed by atoms with Crippen molar-refractivity contribution < 1.29 is 9.53 Å². The minimum absolute atomic E-state index is 0. The second-order valence-electron chi connectivity index (χ2n) is 6.78. The van der Waals surface area contributed by atoms with Crippen molar-refractivity contribution in [3.05, 3.63) is 65.2 Å². The fourth-order valence-corrected chi connectivity index (χ4v) is 3.20. The molecule has 2 N–H and O–H groups in total. The highest BCUT2D eigenvalue weighted by Gasteiger charge is 2.21. The Morgan fingerprint density at radius 1 is 1.23 bits per heavy atom. The second kappa shape index (κ2) is 9.60. The molecule has 0 radical (unpaired) electrons. The number of likely N-dealkylation sites (tertiary alicyclic amines) is 1. The van der Waals surface area contributed by atoms with Crippen molar-refractivity contribution in [3.63, 3.8) is 0 Å². The summed E-state index contributed by atoms with van der Waals surface area (Å²) in [5.74, 6) is 0.940. The Labute approximate surface area is 161 Å². The smallest absolute Gasteiger partial charge is 0.227 e. The molecule has 1 aliphatic heterocycles. The highest BCUT2D eigenvalue weighted by atomic mass is 35.5. The molecule has 3 rings (SSSR count). The van der Waals surface area contributed by atoms with Gasteiger partial charge in [0, 0.05) is 19.1 Å². The van der Waals surface area contributed by atoms with Gasteiger partial charge in [0.2, 0.25) is 5.91 Å². The van der Waals surface area contributed by atoms with Crippen LogP contribution in [0.15, 0.2) is 48.5 Å². The molecule has 2 aromatic rings. The van der Waals surface area contributed by atoms with Gasteiger partial charge in [0.25, 0.3) is 0 Å². The van der Waals surface area contributed by atoms with E-state index in [1.165, 1.54) is 11.1 Å². The number of amides is 1. The first-order valence-corrected chi connectivity index (χ1v) is 8.91. The number of ether oxygens (including phenoxy) is 1. The summed E-state index contributed by atoms with van der Waals surface area (Å²) < 4.78 is 5.91. The van der Waals surface area contributed by atoms with E-state index in [1.54, 1.807) is 0 Å². The fourth-order valence-electron chi connectivity index (χ4n) is 3.20. The Bertz CT molecular complexity index is 735. The summed E-state index contributed by atoms with van der Waals surface area (Å²) in [6, 6.07) is 16.1. The van der Waals surface area contributed by atoms with Crippen molar-refractivity contribution in [1.29, 1.82) is 0 Å². The molecule has 0 saturated carbocycles. The van der Waals surface area contributed by atoms with Crippen molar-refractivity contribution in [2.45, 2.75) is 38.8 Å². The van der Waals surface area contributed by atoms with Gasteiger partial charge < -0.3 is 15.4 Å². The SMILES string of the molecule is Cc1ccccc1COc1cccc(CC(=O)N2CCCC(N)C2)c1.Cl. The van der Waals surface area contributed by atoms with Gasteiger partial charge in [-0.2, -0.15) is 0 Å². The maximum absolute atomic E-state index is 12.5. The second-order valence-corrected chi connectivity index (χ2v) is 6.78. The number of aryl methyl sites for hydroxylation is 1. The van der Waals surface area contributed by atoms with Crippen LogP contribution in [-0.2, 0) is 17.8 Å². The third-order valence-corrected chi connectivity index (χ3v) is 4.72. The predicted molar refractivity (Wildman–Crippen MR) is 107 cm³/mol. The number of piperidine rings is 1. The van der Waals surface area contributed by atoms with Crippen LogP contribution in [0.1, 0.15) is 29.5 Å². The molecular weight excluding hydrogens is 348 g/mol. The molecule has 4 nitrogen and oxygen atoms in total. The zero-order chi connectivity index (χ0) is 17.6. The average Bonchev–Trinajstić information content (AvgIpc) is 2.61. The van der Waals surface area contributed by atoms with Crippen LogP contribution in [0.2, 0.25) is 0 Å². The van der Waals surface area contributed by atoms with Gasteiger partial charge in [-0.05, 0) is 48.6 Å². The summed E-state index contributed by atoms with van der Waals surface area (Å²) in [7, 11) is 0. The quantitative estimate of drug-likeness (QED) is 0.871. The van der Waals surface area contributed by atoms with Gasteiger partial charge in [-0.1, -0.05) is 36.4 Å². The molecule has 1 unspecified atom stereocenters. The molecule has 1 aliphatic rings. The lowest BCUT2D eigenvalue weighted by Crippen LogP contribution is -2.46. The third-order valence-electron chi connectivity index (χ3n) is 4.72. The molecule has 0 bridgehead atoms. The van der Waals surface area contributed by atoms with Crippen LogP contribution in [0.4, 0.5) is 0 Å². The number of halogens is 1. The highest BCUT2D eigenvalue weighted by Crippen LogP contribution is 2.18. The topological polar surface area (TPSA) is 55.6 Å². The number of benzene rings is 2. The molecule has 2 aromatic carbocycles. The normalized spacial score (nSPS) is 16.7. The summed E-state index contributed by atoms with van der Waals surface area (Å²) in [5, 5.41) is 0. The van der Waals surface area contributed by atoms with E-state index >= 15 is 0 Å². The van der Waals surface area contributed by atoms with Crippen molar-refractivity contribution >= 4 is 18.3 Å². The van der Waals surface area contributed by atoms with Gasteiger partial charge >= 0.3 is 0 Å². The molecule has 1 atom stereocenters. The molecule has 0 aromatic heterocycles. The molecule has 1 saturated heterocycles. The summed E-state index contributed by atoms with van der Waals surface area (Å²) in [6.07, 6.45) is 2.40. The van der Waals surface area contributed by atoms with Crippen LogP contribution >= 0.6 is 12.4 Å². The van der Waals surface area contributed by atoms with E-state index in [0.717, 1.165) is 30.7 Å². The van der Waals surface area contributed by atoms with Crippen LogP contribution < -0.4 is 10.5 Å². The monoisotopic (exact) mass is 374 g/mol. The average molecular weight is 375 g/mol. The Morgan fingerprint density at radius 2 is 2.04 bits per heavy atom. The molecule has 26 heavy (non-hydrogen) atoms. The molecule has 5 heteroatoms. The van der Waals surface area contributed by atoms with Gasteiger partial charge in [0.15, 0.2) is 0 Å². The molecule has 1 amide bonds. The number of hydrogen-bond acceptors (Lipinski definition) is 3. The Hall–Kier alpha value is -2.04. The minimum Gasteiger partial charge on any atom is -0.489 e. The van der Waals surface area contributed by atoms with Gasteiger partial charge in [-0.3, -0.25) is 4.79 Å². The maximum Gasteiger partial charge on any atom is 0.227 e. The van der Waals surface area contributed by atoms with Crippen molar-refractivity contribution in [3.8, 4) is 5.75 Å². The van der Waals surface area contributed by atoms with Gasteiger partial charge in [-0.15, -0.1) is 12.4 Å². The first kappa shape index (κ1) is 20.3. The van der Waals surface area contributed by atoms with Crippen LogP contribution in [-0.4, -0.2) is 29.9 Å². The number of rotatable bonds is 5. The van der Waals surface area contributed by atoms with E-state index in [9.17, 15) is 4.79 Å². The van der Waals surface area contributed by atoms with Crippen LogP contribution in [0.5, 0.6) is 5.75 Å². The minimum atomic E-state index is 0. The highest BCUT2D eigenvalue weighted by molar-refractivity contribution is 5.85. The molecule has 0 spiro atoms.